The number of aromatic amines is 1. The average molecular weight is 354 g/mol. The SMILES string of the molecule is O=C(Cc1c[nH]c2ccc(F)cc12)N1CCN(c2ccc(O)cn2)CC1. The largest absolute Gasteiger partial charge is 0.506 e. The fraction of sp³-hybridized carbons (Fsp3) is 0.263. The zero-order valence-corrected chi connectivity index (χ0v) is 14.2. The highest BCUT2D eigenvalue weighted by molar-refractivity contribution is 5.89. The Morgan fingerprint density at radius 2 is 2.00 bits per heavy atom. The van der Waals surface area contributed by atoms with E-state index in [9.17, 15) is 14.3 Å². The van der Waals surface area contributed by atoms with Crippen LogP contribution >= 0.6 is 0 Å². The topological polar surface area (TPSA) is 72.5 Å². The first-order valence-corrected chi connectivity index (χ1v) is 8.53. The summed E-state index contributed by atoms with van der Waals surface area (Å²) in [6.45, 7) is 2.59. The van der Waals surface area contributed by atoms with Gasteiger partial charge in [-0.15, -0.1) is 0 Å². The fourth-order valence-electron chi connectivity index (χ4n) is 3.32. The number of pyridine rings is 1. The molecule has 7 heteroatoms. The second kappa shape index (κ2) is 6.67. The van der Waals surface area contributed by atoms with Crippen LogP contribution in [0.3, 0.4) is 0 Å². The summed E-state index contributed by atoms with van der Waals surface area (Å²) in [6.07, 6.45) is 3.45. The lowest BCUT2D eigenvalue weighted by Gasteiger charge is -2.35. The molecular formula is C19H19FN4O2. The highest BCUT2D eigenvalue weighted by atomic mass is 19.1. The van der Waals surface area contributed by atoms with Gasteiger partial charge in [-0.2, -0.15) is 0 Å². The van der Waals surface area contributed by atoms with Crippen molar-refractivity contribution in [3.8, 4) is 5.75 Å². The summed E-state index contributed by atoms with van der Waals surface area (Å²) >= 11 is 0. The summed E-state index contributed by atoms with van der Waals surface area (Å²) < 4.78 is 13.5. The zero-order valence-electron chi connectivity index (χ0n) is 14.2. The van der Waals surface area contributed by atoms with Crippen LogP contribution in [0.1, 0.15) is 5.56 Å². The Balaban J connectivity index is 1.40. The Labute approximate surface area is 149 Å². The molecule has 134 valence electrons. The number of hydrogen-bond donors (Lipinski definition) is 2. The van der Waals surface area contributed by atoms with Crippen LogP contribution in [0.4, 0.5) is 10.2 Å². The Kier molecular flexibility index (Phi) is 4.20. The van der Waals surface area contributed by atoms with Crippen molar-refractivity contribution >= 4 is 22.6 Å². The highest BCUT2D eigenvalue weighted by Crippen LogP contribution is 2.21. The van der Waals surface area contributed by atoms with E-state index in [1.807, 2.05) is 4.90 Å². The molecule has 0 spiro atoms. The van der Waals surface area contributed by atoms with E-state index >= 15 is 0 Å². The first-order valence-electron chi connectivity index (χ1n) is 8.53. The van der Waals surface area contributed by atoms with E-state index in [-0.39, 0.29) is 23.9 Å². The number of fused-ring (bicyclic) bond motifs is 1. The number of H-pyrrole nitrogens is 1. The number of carbonyl (C=O) groups is 1. The minimum absolute atomic E-state index is 0.0356. The van der Waals surface area contributed by atoms with E-state index in [2.05, 4.69) is 14.9 Å². The smallest absolute Gasteiger partial charge is 0.227 e. The van der Waals surface area contributed by atoms with Gasteiger partial charge in [0.05, 0.1) is 12.6 Å². The maximum Gasteiger partial charge on any atom is 0.227 e. The molecule has 2 N–H and O–H groups in total. The van der Waals surface area contributed by atoms with Crippen molar-refractivity contribution in [2.45, 2.75) is 6.42 Å². The third-order valence-electron chi connectivity index (χ3n) is 4.76. The number of nitrogens with one attached hydrogen (secondary N) is 1. The molecule has 2 aromatic heterocycles. The number of aromatic nitrogens is 2. The number of halogens is 1. The monoisotopic (exact) mass is 354 g/mol. The zero-order chi connectivity index (χ0) is 18.1. The van der Waals surface area contributed by atoms with Crippen LogP contribution in [0.2, 0.25) is 0 Å². The second-order valence-corrected chi connectivity index (χ2v) is 6.42. The van der Waals surface area contributed by atoms with Crippen molar-refractivity contribution < 1.29 is 14.3 Å². The van der Waals surface area contributed by atoms with E-state index in [0.29, 0.717) is 26.2 Å². The van der Waals surface area contributed by atoms with Gasteiger partial charge in [0.1, 0.15) is 17.4 Å². The number of carbonyl (C=O) groups excluding carboxylic acids is 1. The fourth-order valence-corrected chi connectivity index (χ4v) is 3.32. The Bertz CT molecular complexity index is 930. The van der Waals surface area contributed by atoms with Crippen molar-refractivity contribution in [3.63, 3.8) is 0 Å². The summed E-state index contributed by atoms with van der Waals surface area (Å²) in [5.74, 6) is 0.661. The maximum atomic E-state index is 13.5. The van der Waals surface area contributed by atoms with Gasteiger partial charge in [-0.3, -0.25) is 4.79 Å². The number of anilines is 1. The molecule has 0 saturated carbocycles. The van der Waals surface area contributed by atoms with Crippen molar-refractivity contribution in [1.82, 2.24) is 14.9 Å². The van der Waals surface area contributed by atoms with Crippen molar-refractivity contribution in [2.24, 2.45) is 0 Å². The third-order valence-corrected chi connectivity index (χ3v) is 4.76. The van der Waals surface area contributed by atoms with Crippen LogP contribution < -0.4 is 4.90 Å². The van der Waals surface area contributed by atoms with Crippen LogP contribution in [0, 0.1) is 5.82 Å². The third kappa shape index (κ3) is 3.20. The van der Waals surface area contributed by atoms with E-state index in [1.54, 1.807) is 24.4 Å². The van der Waals surface area contributed by atoms with Gasteiger partial charge in [-0.05, 0) is 35.9 Å². The van der Waals surface area contributed by atoms with Crippen molar-refractivity contribution in [3.05, 3.63) is 54.1 Å². The van der Waals surface area contributed by atoms with Gasteiger partial charge >= 0.3 is 0 Å². The second-order valence-electron chi connectivity index (χ2n) is 6.42. The van der Waals surface area contributed by atoms with Gasteiger partial charge in [0.2, 0.25) is 5.91 Å². The Morgan fingerprint density at radius 3 is 2.73 bits per heavy atom. The highest BCUT2D eigenvalue weighted by Gasteiger charge is 2.22. The number of piperazine rings is 1. The van der Waals surface area contributed by atoms with E-state index < -0.39 is 0 Å². The molecule has 1 aromatic carbocycles. The summed E-state index contributed by atoms with van der Waals surface area (Å²) in [7, 11) is 0. The van der Waals surface area contributed by atoms with Crippen LogP contribution in [0.25, 0.3) is 10.9 Å². The summed E-state index contributed by atoms with van der Waals surface area (Å²) in [5.41, 5.74) is 1.64. The lowest BCUT2D eigenvalue weighted by molar-refractivity contribution is -0.130. The Morgan fingerprint density at radius 1 is 1.19 bits per heavy atom. The predicted octanol–water partition coefficient (Wildman–Crippen LogP) is 2.30. The molecule has 0 atom stereocenters. The molecule has 4 rings (SSSR count). The molecule has 3 aromatic rings. The van der Waals surface area contributed by atoms with Crippen molar-refractivity contribution in [2.75, 3.05) is 31.1 Å². The van der Waals surface area contributed by atoms with Crippen LogP contribution in [-0.4, -0.2) is 52.1 Å². The van der Waals surface area contributed by atoms with Gasteiger partial charge < -0.3 is 19.9 Å². The maximum absolute atomic E-state index is 13.5. The molecule has 26 heavy (non-hydrogen) atoms. The molecule has 3 heterocycles. The van der Waals surface area contributed by atoms with Crippen LogP contribution in [0.15, 0.2) is 42.7 Å². The van der Waals surface area contributed by atoms with E-state index in [0.717, 1.165) is 22.3 Å². The predicted molar refractivity (Wildman–Crippen MR) is 96.7 cm³/mol. The number of amides is 1. The molecule has 0 aliphatic carbocycles. The summed E-state index contributed by atoms with van der Waals surface area (Å²) in [5, 5.41) is 10.1. The van der Waals surface area contributed by atoms with Gasteiger partial charge in [0.25, 0.3) is 0 Å². The van der Waals surface area contributed by atoms with Gasteiger partial charge in [0, 0.05) is 43.3 Å². The van der Waals surface area contributed by atoms with Crippen molar-refractivity contribution in [1.29, 1.82) is 0 Å². The number of hydrogen-bond acceptors (Lipinski definition) is 4. The van der Waals surface area contributed by atoms with Gasteiger partial charge in [0.15, 0.2) is 0 Å². The van der Waals surface area contributed by atoms with Crippen LogP contribution in [0.5, 0.6) is 5.75 Å². The molecule has 1 amide bonds. The molecule has 6 nitrogen and oxygen atoms in total. The minimum atomic E-state index is -0.305. The van der Waals surface area contributed by atoms with E-state index in [1.165, 1.54) is 18.3 Å². The summed E-state index contributed by atoms with van der Waals surface area (Å²) in [4.78, 5) is 23.8. The minimum Gasteiger partial charge on any atom is -0.506 e. The van der Waals surface area contributed by atoms with Gasteiger partial charge in [-0.1, -0.05) is 0 Å². The quantitative estimate of drug-likeness (QED) is 0.757. The molecule has 1 aliphatic rings. The molecule has 0 bridgehead atoms. The molecule has 1 saturated heterocycles. The molecule has 0 unspecified atom stereocenters. The lowest BCUT2D eigenvalue weighted by atomic mass is 10.1. The standard InChI is InChI=1S/C19H19FN4O2/c20-14-1-3-17-16(10-14)13(11-21-17)9-19(26)24-7-5-23(6-8-24)18-4-2-15(25)12-22-18/h1-4,10-12,21,25H,5-9H2. The molecule has 1 aliphatic heterocycles. The molecule has 0 radical (unpaired) electrons. The van der Waals surface area contributed by atoms with Gasteiger partial charge in [-0.25, -0.2) is 9.37 Å². The van der Waals surface area contributed by atoms with Crippen LogP contribution in [-0.2, 0) is 11.2 Å². The first kappa shape index (κ1) is 16.4. The average Bonchev–Trinajstić information content (AvgIpc) is 3.04. The normalized spacial score (nSPS) is 14.8. The molecule has 1 fully saturated rings. The number of benzene rings is 1. The lowest BCUT2D eigenvalue weighted by Crippen LogP contribution is -2.49. The summed E-state index contributed by atoms with van der Waals surface area (Å²) in [6, 6.07) is 7.93. The van der Waals surface area contributed by atoms with E-state index in [4.69, 9.17) is 0 Å². The number of nitrogens with zero attached hydrogens (tertiary/aromatic N) is 3. The first-order chi connectivity index (χ1) is 12.6. The number of rotatable bonds is 3. The molecular weight excluding hydrogens is 335 g/mol. The number of aromatic hydroxyl groups is 1. The Hall–Kier alpha value is -3.09.